The van der Waals surface area contributed by atoms with E-state index in [-0.39, 0.29) is 5.41 Å². The molecule has 17 heavy (non-hydrogen) atoms. The first-order valence-corrected chi connectivity index (χ1v) is 6.21. The summed E-state index contributed by atoms with van der Waals surface area (Å²) in [4.78, 5) is 6.50. The number of aromatic nitrogens is 1. The van der Waals surface area contributed by atoms with Gasteiger partial charge in [-0.1, -0.05) is 0 Å². The van der Waals surface area contributed by atoms with Crippen LogP contribution < -0.4 is 5.32 Å². The fourth-order valence-electron chi connectivity index (χ4n) is 2.84. The highest BCUT2D eigenvalue weighted by molar-refractivity contribution is 5.29. The Balaban J connectivity index is 1.87. The van der Waals surface area contributed by atoms with Crippen molar-refractivity contribution in [1.82, 2.24) is 15.2 Å². The lowest BCUT2D eigenvalue weighted by atomic mass is 9.72. The topological polar surface area (TPSA) is 37.4 Å². The van der Waals surface area contributed by atoms with E-state index >= 15 is 0 Å². The summed E-state index contributed by atoms with van der Waals surface area (Å²) >= 11 is 0. The van der Waals surface area contributed by atoms with Crippen LogP contribution in [0, 0.1) is 0 Å². The van der Waals surface area contributed by atoms with Gasteiger partial charge in [-0.15, -0.1) is 0 Å². The van der Waals surface area contributed by atoms with Crippen molar-refractivity contribution in [2.75, 3.05) is 39.9 Å². The van der Waals surface area contributed by atoms with Crippen molar-refractivity contribution >= 4 is 0 Å². The van der Waals surface area contributed by atoms with E-state index in [0.29, 0.717) is 6.04 Å². The predicted octanol–water partition coefficient (Wildman–Crippen LogP) is 0.253. The quantitative estimate of drug-likeness (QED) is 0.795. The highest BCUT2D eigenvalue weighted by atomic mass is 16.5. The standard InChI is InChI=1S/C13H19N3O/c1-16-7-6-15-12(8-16)13(9-17-10-13)11-2-4-14-5-3-11/h2-5,12,15H,6-10H2,1H3. The molecule has 0 aromatic carbocycles. The number of pyridine rings is 1. The Labute approximate surface area is 102 Å². The lowest BCUT2D eigenvalue weighted by molar-refractivity contribution is -0.0865. The fourth-order valence-corrected chi connectivity index (χ4v) is 2.84. The van der Waals surface area contributed by atoms with Gasteiger partial charge in [-0.25, -0.2) is 0 Å². The molecule has 2 aliphatic heterocycles. The lowest BCUT2D eigenvalue weighted by Gasteiger charge is -2.50. The molecule has 4 nitrogen and oxygen atoms in total. The van der Waals surface area contributed by atoms with Gasteiger partial charge in [0.2, 0.25) is 0 Å². The molecule has 1 aromatic rings. The largest absolute Gasteiger partial charge is 0.379 e. The molecule has 0 bridgehead atoms. The smallest absolute Gasteiger partial charge is 0.0601 e. The molecule has 4 heteroatoms. The van der Waals surface area contributed by atoms with Crippen LogP contribution in [0.3, 0.4) is 0 Å². The summed E-state index contributed by atoms with van der Waals surface area (Å²) in [5.74, 6) is 0. The second-order valence-electron chi connectivity index (χ2n) is 5.15. The van der Waals surface area contributed by atoms with E-state index < -0.39 is 0 Å². The minimum absolute atomic E-state index is 0.150. The van der Waals surface area contributed by atoms with E-state index in [4.69, 9.17) is 4.74 Å². The van der Waals surface area contributed by atoms with E-state index in [1.165, 1.54) is 5.56 Å². The molecule has 0 spiro atoms. The van der Waals surface area contributed by atoms with Crippen LogP contribution in [0.25, 0.3) is 0 Å². The second-order valence-corrected chi connectivity index (χ2v) is 5.15. The van der Waals surface area contributed by atoms with Crippen LogP contribution in [-0.2, 0) is 10.2 Å². The molecular weight excluding hydrogens is 214 g/mol. The van der Waals surface area contributed by atoms with Crippen molar-refractivity contribution in [3.05, 3.63) is 30.1 Å². The van der Waals surface area contributed by atoms with Crippen LogP contribution >= 0.6 is 0 Å². The van der Waals surface area contributed by atoms with Crippen LogP contribution in [0.2, 0.25) is 0 Å². The maximum absolute atomic E-state index is 5.50. The third-order valence-corrected chi connectivity index (χ3v) is 4.02. The van der Waals surface area contributed by atoms with E-state index in [0.717, 1.165) is 32.8 Å². The Morgan fingerprint density at radius 2 is 2.18 bits per heavy atom. The van der Waals surface area contributed by atoms with Gasteiger partial charge in [0.15, 0.2) is 0 Å². The molecule has 0 amide bonds. The monoisotopic (exact) mass is 233 g/mol. The van der Waals surface area contributed by atoms with Crippen LogP contribution in [0.1, 0.15) is 5.56 Å². The Morgan fingerprint density at radius 3 is 2.76 bits per heavy atom. The molecule has 0 radical (unpaired) electrons. The lowest BCUT2D eigenvalue weighted by Crippen LogP contribution is -2.66. The van der Waals surface area contributed by atoms with Crippen molar-refractivity contribution < 1.29 is 4.74 Å². The van der Waals surface area contributed by atoms with Gasteiger partial charge in [0.1, 0.15) is 0 Å². The predicted molar refractivity (Wildman–Crippen MR) is 66.0 cm³/mol. The van der Waals surface area contributed by atoms with E-state index in [1.54, 1.807) is 0 Å². The van der Waals surface area contributed by atoms with Crippen LogP contribution in [0.5, 0.6) is 0 Å². The summed E-state index contributed by atoms with van der Waals surface area (Å²) in [7, 11) is 2.19. The van der Waals surface area contributed by atoms with Crippen LogP contribution in [0.4, 0.5) is 0 Å². The Hall–Kier alpha value is -0.970. The normalized spacial score (nSPS) is 28.6. The minimum atomic E-state index is 0.150. The van der Waals surface area contributed by atoms with E-state index in [2.05, 4.69) is 34.4 Å². The molecule has 92 valence electrons. The molecule has 3 heterocycles. The Kier molecular flexibility index (Phi) is 2.86. The van der Waals surface area contributed by atoms with E-state index in [9.17, 15) is 0 Å². The molecule has 2 fully saturated rings. The molecule has 1 unspecified atom stereocenters. The first-order chi connectivity index (χ1) is 8.31. The first-order valence-electron chi connectivity index (χ1n) is 6.21. The van der Waals surface area contributed by atoms with Crippen molar-refractivity contribution in [2.24, 2.45) is 0 Å². The molecule has 1 atom stereocenters. The zero-order valence-corrected chi connectivity index (χ0v) is 10.2. The molecule has 2 saturated heterocycles. The Bertz CT molecular complexity index is 378. The van der Waals surface area contributed by atoms with Crippen LogP contribution in [0.15, 0.2) is 24.5 Å². The van der Waals surface area contributed by atoms with Gasteiger partial charge in [0.25, 0.3) is 0 Å². The third-order valence-electron chi connectivity index (χ3n) is 4.02. The average molecular weight is 233 g/mol. The SMILES string of the molecule is CN1CCNC(C2(c3ccncc3)COC2)C1. The number of nitrogens with zero attached hydrogens (tertiary/aromatic N) is 2. The second kappa shape index (κ2) is 4.37. The molecule has 2 aliphatic rings. The van der Waals surface area contributed by atoms with E-state index in [1.807, 2.05) is 12.4 Å². The molecule has 0 saturated carbocycles. The number of nitrogens with one attached hydrogen (secondary N) is 1. The molecule has 1 N–H and O–H groups in total. The number of piperazine rings is 1. The maximum Gasteiger partial charge on any atom is 0.0601 e. The van der Waals surface area contributed by atoms with Gasteiger partial charge in [0, 0.05) is 38.1 Å². The first kappa shape index (κ1) is 11.1. The summed E-state index contributed by atoms with van der Waals surface area (Å²) < 4.78 is 5.50. The summed E-state index contributed by atoms with van der Waals surface area (Å²) in [5, 5.41) is 3.65. The molecule has 0 aliphatic carbocycles. The molecule has 1 aromatic heterocycles. The zero-order chi connectivity index (χ0) is 11.7. The minimum Gasteiger partial charge on any atom is -0.379 e. The summed E-state index contributed by atoms with van der Waals surface area (Å²) in [6.07, 6.45) is 3.75. The summed E-state index contributed by atoms with van der Waals surface area (Å²) in [5.41, 5.74) is 1.50. The fraction of sp³-hybridized carbons (Fsp3) is 0.615. The van der Waals surface area contributed by atoms with Gasteiger partial charge in [-0.2, -0.15) is 0 Å². The molecular formula is C13H19N3O. The van der Waals surface area contributed by atoms with Crippen molar-refractivity contribution in [3.63, 3.8) is 0 Å². The number of likely N-dealkylation sites (N-methyl/N-ethyl adjacent to an activating group) is 1. The number of hydrogen-bond acceptors (Lipinski definition) is 4. The van der Waals surface area contributed by atoms with Crippen molar-refractivity contribution in [3.8, 4) is 0 Å². The molecule has 3 rings (SSSR count). The highest BCUT2D eigenvalue weighted by Crippen LogP contribution is 2.36. The third kappa shape index (κ3) is 1.86. The summed E-state index contributed by atoms with van der Waals surface area (Å²) in [6.45, 7) is 4.93. The van der Waals surface area contributed by atoms with Crippen molar-refractivity contribution in [1.29, 1.82) is 0 Å². The maximum atomic E-state index is 5.50. The average Bonchev–Trinajstić information content (AvgIpc) is 2.29. The van der Waals surface area contributed by atoms with Gasteiger partial charge < -0.3 is 15.0 Å². The summed E-state index contributed by atoms with van der Waals surface area (Å²) in [6, 6.07) is 4.73. The number of rotatable bonds is 2. The number of hydrogen-bond donors (Lipinski definition) is 1. The van der Waals surface area contributed by atoms with Gasteiger partial charge >= 0.3 is 0 Å². The highest BCUT2D eigenvalue weighted by Gasteiger charge is 2.47. The van der Waals surface area contributed by atoms with Crippen molar-refractivity contribution in [2.45, 2.75) is 11.5 Å². The Morgan fingerprint density at radius 1 is 1.41 bits per heavy atom. The van der Waals surface area contributed by atoms with Crippen LogP contribution in [-0.4, -0.2) is 55.8 Å². The number of ether oxygens (including phenoxy) is 1. The zero-order valence-electron chi connectivity index (χ0n) is 10.2. The van der Waals surface area contributed by atoms with Gasteiger partial charge in [-0.05, 0) is 24.7 Å². The van der Waals surface area contributed by atoms with Gasteiger partial charge in [-0.3, -0.25) is 4.98 Å². The van der Waals surface area contributed by atoms with Gasteiger partial charge in [0.05, 0.1) is 18.6 Å².